The molecule has 0 saturated heterocycles. The first-order valence-electron chi connectivity index (χ1n) is 10.3. The van der Waals surface area contributed by atoms with Crippen LogP contribution in [0.25, 0.3) is 0 Å². The number of hydrogen-bond acceptors (Lipinski definition) is 3. The van der Waals surface area contributed by atoms with Crippen molar-refractivity contribution in [3.05, 3.63) is 70.2 Å². The van der Waals surface area contributed by atoms with Gasteiger partial charge in [-0.15, -0.1) is 11.8 Å². The van der Waals surface area contributed by atoms with Crippen LogP contribution >= 0.6 is 23.4 Å². The van der Waals surface area contributed by atoms with Crippen molar-refractivity contribution < 1.29 is 9.59 Å². The molecular weight excluding hydrogens is 416 g/mol. The standard InChI is InChI=1S/C24H31ClN2O2S/c1-5-18(3)26-24(29)19(4)27(14-21-11-7-6-9-17(21)2)23(28)16-30-15-20-10-8-12-22(25)13-20/h6-13,18-19H,5,14-16H2,1-4H3,(H,26,29)/t18-,19-/m1/s1. The SMILES string of the molecule is CC[C@@H](C)NC(=O)[C@@H](C)N(Cc1ccccc1C)C(=O)CSCc1cccc(Cl)c1. The van der Waals surface area contributed by atoms with E-state index in [0.717, 1.165) is 23.1 Å². The van der Waals surface area contributed by atoms with Crippen molar-refractivity contribution in [1.82, 2.24) is 10.2 Å². The fraction of sp³-hybridized carbons (Fsp3) is 0.417. The predicted molar refractivity (Wildman–Crippen MR) is 127 cm³/mol. The summed E-state index contributed by atoms with van der Waals surface area (Å²) in [5.74, 6) is 0.834. The zero-order chi connectivity index (χ0) is 22.1. The van der Waals surface area contributed by atoms with E-state index in [-0.39, 0.29) is 17.9 Å². The number of amides is 2. The number of nitrogens with zero attached hydrogens (tertiary/aromatic N) is 1. The van der Waals surface area contributed by atoms with E-state index in [2.05, 4.69) is 5.32 Å². The molecule has 2 aromatic rings. The van der Waals surface area contributed by atoms with Crippen LogP contribution in [-0.4, -0.2) is 34.6 Å². The van der Waals surface area contributed by atoms with Crippen LogP contribution in [0.5, 0.6) is 0 Å². The maximum Gasteiger partial charge on any atom is 0.242 e. The summed E-state index contributed by atoms with van der Waals surface area (Å²) in [6.45, 7) is 8.24. The number of thioether (sulfide) groups is 1. The molecule has 0 spiro atoms. The second-order valence-electron chi connectivity index (χ2n) is 7.56. The van der Waals surface area contributed by atoms with Crippen LogP contribution in [0.2, 0.25) is 5.02 Å². The van der Waals surface area contributed by atoms with E-state index in [4.69, 9.17) is 11.6 Å². The number of carbonyl (C=O) groups excluding carboxylic acids is 2. The third-order valence-corrected chi connectivity index (χ3v) is 6.38. The van der Waals surface area contributed by atoms with Crippen LogP contribution in [0.15, 0.2) is 48.5 Å². The van der Waals surface area contributed by atoms with Gasteiger partial charge in [-0.1, -0.05) is 54.9 Å². The van der Waals surface area contributed by atoms with Crippen molar-refractivity contribution in [2.45, 2.75) is 58.5 Å². The third kappa shape index (κ3) is 7.37. The van der Waals surface area contributed by atoms with Gasteiger partial charge in [0.15, 0.2) is 0 Å². The predicted octanol–water partition coefficient (Wildman–Crippen LogP) is 5.21. The Balaban J connectivity index is 2.09. The molecule has 0 aliphatic rings. The molecular formula is C24H31ClN2O2S. The Bertz CT molecular complexity index is 859. The number of hydrogen-bond donors (Lipinski definition) is 1. The van der Waals surface area contributed by atoms with Crippen LogP contribution in [-0.2, 0) is 21.9 Å². The number of benzene rings is 2. The second-order valence-corrected chi connectivity index (χ2v) is 8.99. The molecule has 2 rings (SSSR count). The summed E-state index contributed by atoms with van der Waals surface area (Å²) in [5.41, 5.74) is 3.23. The average molecular weight is 447 g/mol. The van der Waals surface area contributed by atoms with Crippen LogP contribution < -0.4 is 5.32 Å². The molecule has 162 valence electrons. The van der Waals surface area contributed by atoms with Crippen molar-refractivity contribution in [2.75, 3.05) is 5.75 Å². The summed E-state index contributed by atoms with van der Waals surface area (Å²) < 4.78 is 0. The Hall–Kier alpha value is -1.98. The minimum atomic E-state index is -0.544. The van der Waals surface area contributed by atoms with Crippen LogP contribution in [0.1, 0.15) is 43.9 Å². The number of nitrogens with one attached hydrogen (secondary N) is 1. The van der Waals surface area contributed by atoms with Crippen LogP contribution in [0.4, 0.5) is 0 Å². The van der Waals surface area contributed by atoms with Gasteiger partial charge in [0.05, 0.1) is 5.75 Å². The zero-order valence-corrected chi connectivity index (χ0v) is 19.7. The molecule has 4 nitrogen and oxygen atoms in total. The molecule has 2 aromatic carbocycles. The van der Waals surface area contributed by atoms with Crippen molar-refractivity contribution in [3.63, 3.8) is 0 Å². The van der Waals surface area contributed by atoms with Crippen molar-refractivity contribution in [1.29, 1.82) is 0 Å². The highest BCUT2D eigenvalue weighted by Gasteiger charge is 2.27. The summed E-state index contributed by atoms with van der Waals surface area (Å²) in [4.78, 5) is 27.5. The lowest BCUT2D eigenvalue weighted by Crippen LogP contribution is -2.50. The quantitative estimate of drug-likeness (QED) is 0.544. The average Bonchev–Trinajstić information content (AvgIpc) is 2.72. The maximum atomic E-state index is 13.1. The molecule has 0 bridgehead atoms. The monoisotopic (exact) mass is 446 g/mol. The summed E-state index contributed by atoms with van der Waals surface area (Å²) in [5, 5.41) is 3.69. The van der Waals surface area contributed by atoms with E-state index in [1.807, 2.05) is 69.3 Å². The van der Waals surface area contributed by atoms with Crippen molar-refractivity contribution >= 4 is 35.2 Å². The fourth-order valence-corrected chi connectivity index (χ4v) is 4.06. The molecule has 0 radical (unpaired) electrons. The van der Waals surface area contributed by atoms with Gasteiger partial charge in [0.25, 0.3) is 0 Å². The molecule has 30 heavy (non-hydrogen) atoms. The van der Waals surface area contributed by atoms with E-state index in [1.165, 1.54) is 11.8 Å². The van der Waals surface area contributed by atoms with E-state index in [9.17, 15) is 9.59 Å². The van der Waals surface area contributed by atoms with Gasteiger partial charge in [0.1, 0.15) is 6.04 Å². The van der Waals surface area contributed by atoms with Gasteiger partial charge >= 0.3 is 0 Å². The lowest BCUT2D eigenvalue weighted by molar-refractivity contribution is -0.138. The van der Waals surface area contributed by atoms with Gasteiger partial charge in [-0.2, -0.15) is 0 Å². The van der Waals surface area contributed by atoms with Crippen LogP contribution in [0, 0.1) is 6.92 Å². The molecule has 0 heterocycles. The molecule has 0 aromatic heterocycles. The van der Waals surface area contributed by atoms with Crippen LogP contribution in [0.3, 0.4) is 0 Å². The number of rotatable bonds is 10. The Kier molecular flexibility index (Phi) is 9.73. The van der Waals surface area contributed by atoms with E-state index in [1.54, 1.807) is 11.8 Å². The maximum absolute atomic E-state index is 13.1. The van der Waals surface area contributed by atoms with Crippen molar-refractivity contribution in [2.24, 2.45) is 0 Å². The van der Waals surface area contributed by atoms with Gasteiger partial charge in [-0.05, 0) is 56.0 Å². The minimum Gasteiger partial charge on any atom is -0.352 e. The largest absolute Gasteiger partial charge is 0.352 e. The highest BCUT2D eigenvalue weighted by Crippen LogP contribution is 2.19. The molecule has 6 heteroatoms. The van der Waals surface area contributed by atoms with Gasteiger partial charge in [0, 0.05) is 23.4 Å². The summed E-state index contributed by atoms with van der Waals surface area (Å²) in [7, 11) is 0. The molecule has 2 atom stereocenters. The van der Waals surface area contributed by atoms with E-state index < -0.39 is 6.04 Å². The molecule has 1 N–H and O–H groups in total. The number of aryl methyl sites for hydroxylation is 1. The zero-order valence-electron chi connectivity index (χ0n) is 18.2. The van der Waals surface area contributed by atoms with Gasteiger partial charge in [-0.25, -0.2) is 0 Å². The first kappa shape index (κ1) is 24.3. The highest BCUT2D eigenvalue weighted by atomic mass is 35.5. The van der Waals surface area contributed by atoms with Gasteiger partial charge in [0.2, 0.25) is 11.8 Å². The molecule has 0 aliphatic heterocycles. The lowest BCUT2D eigenvalue weighted by Gasteiger charge is -2.30. The first-order valence-corrected chi connectivity index (χ1v) is 11.8. The Labute approximate surface area is 189 Å². The highest BCUT2D eigenvalue weighted by molar-refractivity contribution is 7.99. The first-order chi connectivity index (χ1) is 14.3. The smallest absolute Gasteiger partial charge is 0.242 e. The molecule has 0 saturated carbocycles. The molecule has 0 fully saturated rings. The van der Waals surface area contributed by atoms with E-state index >= 15 is 0 Å². The minimum absolute atomic E-state index is 0.0444. The van der Waals surface area contributed by atoms with Gasteiger partial charge in [-0.3, -0.25) is 9.59 Å². The topological polar surface area (TPSA) is 49.4 Å². The second kappa shape index (κ2) is 12.0. The number of halogens is 1. The summed E-state index contributed by atoms with van der Waals surface area (Å²) in [6, 6.07) is 15.2. The Morgan fingerprint density at radius 1 is 1.13 bits per heavy atom. The van der Waals surface area contributed by atoms with Crippen molar-refractivity contribution in [3.8, 4) is 0 Å². The summed E-state index contributed by atoms with van der Waals surface area (Å²) in [6.07, 6.45) is 0.847. The van der Waals surface area contributed by atoms with Gasteiger partial charge < -0.3 is 10.2 Å². The third-order valence-electron chi connectivity index (χ3n) is 5.15. The number of carbonyl (C=O) groups is 2. The molecule has 0 aliphatic carbocycles. The summed E-state index contributed by atoms with van der Waals surface area (Å²) >= 11 is 7.57. The normalized spacial score (nSPS) is 12.8. The Morgan fingerprint density at radius 3 is 2.53 bits per heavy atom. The van der Waals surface area contributed by atoms with E-state index in [0.29, 0.717) is 23.1 Å². The molecule has 2 amide bonds. The molecule has 0 unspecified atom stereocenters. The Morgan fingerprint density at radius 2 is 1.87 bits per heavy atom. The fourth-order valence-electron chi connectivity index (χ4n) is 2.99. The lowest BCUT2D eigenvalue weighted by atomic mass is 10.1.